The Morgan fingerprint density at radius 1 is 0.767 bits per heavy atom. The Kier molecular flexibility index (Phi) is 4.88. The maximum Gasteiger partial charge on any atom is 0.231 e. The van der Waals surface area contributed by atoms with E-state index in [-0.39, 0.29) is 6.79 Å². The van der Waals surface area contributed by atoms with E-state index in [2.05, 4.69) is 15.6 Å². The Morgan fingerprint density at radius 2 is 1.53 bits per heavy atom. The minimum Gasteiger partial charge on any atom is -0.454 e. The molecule has 2 heterocycles. The minimum atomic E-state index is 0.267. The van der Waals surface area contributed by atoms with Crippen LogP contribution in [-0.4, -0.2) is 16.8 Å². The number of nitrogens with zero attached hydrogens (tertiary/aromatic N) is 2. The number of anilines is 3. The average molecular weight is 396 g/mol. The molecular weight excluding hydrogens is 376 g/mol. The second-order valence-corrected chi connectivity index (χ2v) is 6.86. The number of ether oxygens (including phenoxy) is 2. The standard InChI is InChI=1S/C24H20N4O2/c1-3-7-18(8-4-1)20-14-23(26-19-9-5-2-6-10-19)28-24(27-20)25-15-17-11-12-21-22(13-17)30-16-29-21/h1-14H,15-16H2,(H2,25,26,27,28). The fourth-order valence-corrected chi connectivity index (χ4v) is 3.25. The van der Waals surface area contributed by atoms with Crippen LogP contribution in [0.1, 0.15) is 5.56 Å². The highest BCUT2D eigenvalue weighted by Crippen LogP contribution is 2.32. The number of benzene rings is 3. The van der Waals surface area contributed by atoms with Gasteiger partial charge in [0.25, 0.3) is 0 Å². The van der Waals surface area contributed by atoms with Crippen LogP contribution in [0.3, 0.4) is 0 Å². The Labute approximate surface area is 174 Å². The van der Waals surface area contributed by atoms with Crippen molar-refractivity contribution >= 4 is 17.5 Å². The molecule has 6 heteroatoms. The monoisotopic (exact) mass is 396 g/mol. The first-order valence-corrected chi connectivity index (χ1v) is 9.72. The Morgan fingerprint density at radius 3 is 2.37 bits per heavy atom. The van der Waals surface area contributed by atoms with E-state index in [1.807, 2.05) is 84.9 Å². The molecule has 0 atom stereocenters. The molecule has 6 nitrogen and oxygen atoms in total. The van der Waals surface area contributed by atoms with Crippen LogP contribution >= 0.6 is 0 Å². The van der Waals surface area contributed by atoms with Gasteiger partial charge in [0.05, 0.1) is 5.69 Å². The van der Waals surface area contributed by atoms with Gasteiger partial charge in [0, 0.05) is 23.9 Å². The van der Waals surface area contributed by atoms with Gasteiger partial charge in [-0.3, -0.25) is 0 Å². The largest absolute Gasteiger partial charge is 0.454 e. The molecule has 0 fully saturated rings. The molecule has 0 saturated heterocycles. The van der Waals surface area contributed by atoms with E-state index in [4.69, 9.17) is 14.5 Å². The van der Waals surface area contributed by atoms with Gasteiger partial charge in [-0.2, -0.15) is 4.98 Å². The van der Waals surface area contributed by atoms with Crippen LogP contribution in [0.2, 0.25) is 0 Å². The summed E-state index contributed by atoms with van der Waals surface area (Å²) in [5, 5.41) is 6.69. The van der Waals surface area contributed by atoms with Crippen molar-refractivity contribution in [3.63, 3.8) is 0 Å². The van der Waals surface area contributed by atoms with Crippen molar-refractivity contribution in [2.75, 3.05) is 17.4 Å². The molecule has 0 bridgehead atoms. The number of hydrogen-bond acceptors (Lipinski definition) is 6. The zero-order valence-corrected chi connectivity index (χ0v) is 16.2. The van der Waals surface area contributed by atoms with Crippen LogP contribution in [0, 0.1) is 0 Å². The summed E-state index contributed by atoms with van der Waals surface area (Å²) in [6.07, 6.45) is 0. The maximum atomic E-state index is 5.46. The normalized spacial score (nSPS) is 11.9. The van der Waals surface area contributed by atoms with E-state index in [1.165, 1.54) is 0 Å². The van der Waals surface area contributed by atoms with E-state index >= 15 is 0 Å². The lowest BCUT2D eigenvalue weighted by Gasteiger charge is -2.12. The first-order chi connectivity index (χ1) is 14.8. The summed E-state index contributed by atoms with van der Waals surface area (Å²) in [6.45, 7) is 0.836. The topological polar surface area (TPSA) is 68.3 Å². The van der Waals surface area contributed by atoms with Gasteiger partial charge in [0.2, 0.25) is 12.7 Å². The summed E-state index contributed by atoms with van der Waals surface area (Å²) in [7, 11) is 0. The molecule has 3 aromatic carbocycles. The van der Waals surface area contributed by atoms with Crippen molar-refractivity contribution in [2.45, 2.75) is 6.54 Å². The average Bonchev–Trinajstić information content (AvgIpc) is 3.27. The number of para-hydroxylation sites is 1. The van der Waals surface area contributed by atoms with Gasteiger partial charge in [0.15, 0.2) is 11.5 Å². The highest BCUT2D eigenvalue weighted by molar-refractivity contribution is 5.67. The number of aromatic nitrogens is 2. The van der Waals surface area contributed by atoms with Gasteiger partial charge < -0.3 is 20.1 Å². The third-order valence-electron chi connectivity index (χ3n) is 4.73. The van der Waals surface area contributed by atoms with Gasteiger partial charge in [-0.15, -0.1) is 0 Å². The number of hydrogen-bond donors (Lipinski definition) is 2. The quantitative estimate of drug-likeness (QED) is 0.465. The van der Waals surface area contributed by atoms with Gasteiger partial charge in [-0.1, -0.05) is 54.6 Å². The smallest absolute Gasteiger partial charge is 0.231 e. The van der Waals surface area contributed by atoms with Crippen molar-refractivity contribution in [1.29, 1.82) is 0 Å². The van der Waals surface area contributed by atoms with Crippen molar-refractivity contribution in [3.8, 4) is 22.8 Å². The van der Waals surface area contributed by atoms with Crippen LogP contribution in [0.25, 0.3) is 11.3 Å². The number of nitrogens with one attached hydrogen (secondary N) is 2. The summed E-state index contributed by atoms with van der Waals surface area (Å²) in [4.78, 5) is 9.37. The Hall–Kier alpha value is -4.06. The summed E-state index contributed by atoms with van der Waals surface area (Å²) in [5.41, 5.74) is 3.90. The molecule has 5 rings (SSSR count). The van der Waals surface area contributed by atoms with Gasteiger partial charge in [-0.25, -0.2) is 4.98 Å². The van der Waals surface area contributed by atoms with Gasteiger partial charge >= 0.3 is 0 Å². The van der Waals surface area contributed by atoms with E-state index in [0.717, 1.165) is 39.8 Å². The highest BCUT2D eigenvalue weighted by Gasteiger charge is 2.13. The third-order valence-corrected chi connectivity index (χ3v) is 4.73. The van der Waals surface area contributed by atoms with Crippen molar-refractivity contribution in [2.24, 2.45) is 0 Å². The molecule has 4 aromatic rings. The van der Waals surface area contributed by atoms with Crippen molar-refractivity contribution in [1.82, 2.24) is 9.97 Å². The molecule has 0 spiro atoms. The SMILES string of the molecule is c1ccc(Nc2cc(-c3ccccc3)nc(NCc3ccc4c(c3)OCO4)n2)cc1. The predicted octanol–water partition coefficient (Wildman–Crippen LogP) is 5.23. The van der Waals surface area contributed by atoms with Gasteiger partial charge in [0.1, 0.15) is 5.82 Å². The van der Waals surface area contributed by atoms with Crippen LogP contribution in [0.4, 0.5) is 17.5 Å². The predicted molar refractivity (Wildman–Crippen MR) is 117 cm³/mol. The molecule has 1 aliphatic rings. The molecule has 0 saturated carbocycles. The zero-order valence-electron chi connectivity index (χ0n) is 16.2. The summed E-state index contributed by atoms with van der Waals surface area (Å²) in [5.74, 6) is 2.81. The van der Waals surface area contributed by atoms with Crippen molar-refractivity contribution < 1.29 is 9.47 Å². The lowest BCUT2D eigenvalue weighted by Crippen LogP contribution is -2.06. The zero-order chi connectivity index (χ0) is 20.2. The molecule has 1 aliphatic heterocycles. The molecule has 1 aromatic heterocycles. The molecule has 0 amide bonds. The Bertz CT molecular complexity index is 1150. The molecular formula is C24H20N4O2. The fraction of sp³-hybridized carbons (Fsp3) is 0.0833. The van der Waals surface area contributed by atoms with E-state index in [0.29, 0.717) is 12.5 Å². The van der Waals surface area contributed by atoms with Crippen LogP contribution < -0.4 is 20.1 Å². The van der Waals surface area contributed by atoms with E-state index < -0.39 is 0 Å². The molecule has 148 valence electrons. The molecule has 0 aliphatic carbocycles. The van der Waals surface area contributed by atoms with E-state index in [1.54, 1.807) is 0 Å². The third kappa shape index (κ3) is 4.03. The summed E-state index contributed by atoms with van der Waals surface area (Å²) >= 11 is 0. The molecule has 30 heavy (non-hydrogen) atoms. The summed E-state index contributed by atoms with van der Waals surface area (Å²) in [6, 6.07) is 27.9. The van der Waals surface area contributed by atoms with E-state index in [9.17, 15) is 0 Å². The minimum absolute atomic E-state index is 0.267. The molecule has 0 unspecified atom stereocenters. The van der Waals surface area contributed by atoms with Crippen LogP contribution in [0.15, 0.2) is 84.9 Å². The lowest BCUT2D eigenvalue weighted by atomic mass is 10.1. The van der Waals surface area contributed by atoms with Crippen molar-refractivity contribution in [3.05, 3.63) is 90.5 Å². The second-order valence-electron chi connectivity index (χ2n) is 6.86. The number of rotatable bonds is 6. The first-order valence-electron chi connectivity index (χ1n) is 9.72. The number of fused-ring (bicyclic) bond motifs is 1. The second kappa shape index (κ2) is 8.13. The Balaban J connectivity index is 1.42. The molecule has 0 radical (unpaired) electrons. The molecule has 2 N–H and O–H groups in total. The van der Waals surface area contributed by atoms with Gasteiger partial charge in [-0.05, 0) is 29.8 Å². The highest BCUT2D eigenvalue weighted by atomic mass is 16.7. The van der Waals surface area contributed by atoms with Crippen LogP contribution in [0.5, 0.6) is 11.5 Å². The van der Waals surface area contributed by atoms with Crippen LogP contribution in [-0.2, 0) is 6.54 Å². The lowest BCUT2D eigenvalue weighted by molar-refractivity contribution is 0.174. The maximum absolute atomic E-state index is 5.46. The fourth-order valence-electron chi connectivity index (χ4n) is 3.25. The summed E-state index contributed by atoms with van der Waals surface area (Å²) < 4.78 is 10.8. The first kappa shape index (κ1) is 18.0.